The third-order valence-electron chi connectivity index (χ3n) is 4.27. The van der Waals surface area contributed by atoms with Gasteiger partial charge in [-0.05, 0) is 54.6 Å². The van der Waals surface area contributed by atoms with Gasteiger partial charge in [-0.1, -0.05) is 11.8 Å². The number of nitro benzene ring substituents is 1. The van der Waals surface area contributed by atoms with Crippen molar-refractivity contribution in [3.8, 4) is 5.69 Å². The minimum atomic E-state index is -0.583. The number of rotatable bonds is 6. The molecule has 0 aliphatic heterocycles. The fraction of sp³-hybridized carbons (Fsp3) is 0.105. The molecular formula is C19H14FN7O3S2. The van der Waals surface area contributed by atoms with Crippen molar-refractivity contribution in [2.75, 3.05) is 5.32 Å². The van der Waals surface area contributed by atoms with Crippen molar-refractivity contribution in [1.29, 1.82) is 0 Å². The number of halogens is 1. The molecule has 1 N–H and O–H groups in total. The predicted octanol–water partition coefficient (Wildman–Crippen LogP) is 4.19. The summed E-state index contributed by atoms with van der Waals surface area (Å²) in [7, 11) is 0. The summed E-state index contributed by atoms with van der Waals surface area (Å²) in [5, 5.41) is 27.0. The van der Waals surface area contributed by atoms with Gasteiger partial charge in [-0.15, -0.1) is 16.4 Å². The summed E-state index contributed by atoms with van der Waals surface area (Å²) in [5.74, 6) is -0.792. The number of hydrogen-bond donors (Lipinski definition) is 1. The molecule has 10 nitrogen and oxygen atoms in total. The van der Waals surface area contributed by atoms with E-state index in [0.29, 0.717) is 15.1 Å². The number of carbonyl (C=O) groups is 1. The van der Waals surface area contributed by atoms with Gasteiger partial charge in [-0.3, -0.25) is 14.9 Å². The first-order valence-electron chi connectivity index (χ1n) is 9.06. The summed E-state index contributed by atoms with van der Waals surface area (Å²) in [4.78, 5) is 28.4. The van der Waals surface area contributed by atoms with Gasteiger partial charge in [-0.25, -0.2) is 9.37 Å². The summed E-state index contributed by atoms with van der Waals surface area (Å²) < 4.78 is 16.1. The molecule has 0 saturated carbocycles. The van der Waals surface area contributed by atoms with Crippen molar-refractivity contribution >= 4 is 40.4 Å². The van der Waals surface area contributed by atoms with Crippen LogP contribution in [-0.2, 0) is 0 Å². The van der Waals surface area contributed by atoms with Gasteiger partial charge >= 0.3 is 0 Å². The molecule has 0 fully saturated rings. The number of thiazole rings is 1. The smallest absolute Gasteiger partial charge is 0.284 e. The molecule has 2 aromatic heterocycles. The van der Waals surface area contributed by atoms with Crippen molar-refractivity contribution < 1.29 is 14.1 Å². The van der Waals surface area contributed by atoms with Crippen LogP contribution in [-0.4, -0.2) is 36.0 Å². The lowest BCUT2D eigenvalue weighted by molar-refractivity contribution is -0.387. The van der Waals surface area contributed by atoms with E-state index in [1.807, 2.05) is 12.3 Å². The molecule has 4 aromatic rings. The first-order chi connectivity index (χ1) is 15.3. The maximum Gasteiger partial charge on any atom is 0.284 e. The van der Waals surface area contributed by atoms with Crippen LogP contribution in [0.15, 0.2) is 51.0 Å². The fourth-order valence-electron chi connectivity index (χ4n) is 2.77. The van der Waals surface area contributed by atoms with Gasteiger partial charge in [0.1, 0.15) is 11.5 Å². The number of nitrogens with one attached hydrogen (secondary N) is 1. The van der Waals surface area contributed by atoms with Crippen molar-refractivity contribution in [2.45, 2.75) is 23.1 Å². The maximum absolute atomic E-state index is 14.2. The molecule has 0 aliphatic rings. The summed E-state index contributed by atoms with van der Waals surface area (Å²) in [6.07, 6.45) is 0. The molecule has 2 aromatic carbocycles. The average molecular weight is 471 g/mol. The van der Waals surface area contributed by atoms with Crippen molar-refractivity contribution in [3.05, 3.63) is 74.8 Å². The zero-order valence-electron chi connectivity index (χ0n) is 16.6. The Morgan fingerprint density at radius 1 is 1.25 bits per heavy atom. The summed E-state index contributed by atoms with van der Waals surface area (Å²) in [5.41, 5.74) is 1.04. The Morgan fingerprint density at radius 2 is 2.06 bits per heavy atom. The van der Waals surface area contributed by atoms with E-state index in [4.69, 9.17) is 0 Å². The topological polar surface area (TPSA) is 129 Å². The number of aryl methyl sites for hydroxylation is 2. The molecule has 32 heavy (non-hydrogen) atoms. The first-order valence-corrected chi connectivity index (χ1v) is 10.8. The van der Waals surface area contributed by atoms with Gasteiger partial charge in [0.05, 0.1) is 9.82 Å². The first kappa shape index (κ1) is 21.5. The van der Waals surface area contributed by atoms with E-state index in [1.165, 1.54) is 52.4 Å². The Balaban J connectivity index is 1.59. The zero-order valence-corrected chi connectivity index (χ0v) is 18.3. The van der Waals surface area contributed by atoms with Gasteiger partial charge in [0.15, 0.2) is 10.2 Å². The standard InChI is InChI=1S/C19H14FN7O3S2/c1-10-9-31-19(21-10)32-17-6-3-12(7-16(17)27(29)30)18(28)22-13-4-5-14(20)15(8-13)26-11(2)23-24-25-26/h3-9H,1-2H3,(H,22,28). The van der Waals surface area contributed by atoms with E-state index in [0.717, 1.165) is 17.5 Å². The van der Waals surface area contributed by atoms with Gasteiger partial charge < -0.3 is 5.32 Å². The Hall–Kier alpha value is -3.71. The molecule has 0 saturated heterocycles. The molecule has 0 unspecified atom stereocenters. The van der Waals surface area contributed by atoms with Crippen LogP contribution in [0, 0.1) is 29.8 Å². The molecule has 162 valence electrons. The van der Waals surface area contributed by atoms with E-state index < -0.39 is 16.6 Å². The number of nitro groups is 1. The number of tetrazole rings is 1. The Bertz CT molecular complexity index is 1340. The zero-order chi connectivity index (χ0) is 22.8. The summed E-state index contributed by atoms with van der Waals surface area (Å²) >= 11 is 2.54. The van der Waals surface area contributed by atoms with Crippen LogP contribution < -0.4 is 5.32 Å². The quantitative estimate of drug-likeness (QED) is 0.327. The lowest BCUT2D eigenvalue weighted by Crippen LogP contribution is -2.13. The van der Waals surface area contributed by atoms with E-state index >= 15 is 0 Å². The molecule has 0 spiro atoms. The number of benzene rings is 2. The second-order valence-electron chi connectivity index (χ2n) is 6.55. The molecule has 0 bridgehead atoms. The van der Waals surface area contributed by atoms with Crippen molar-refractivity contribution in [1.82, 2.24) is 25.2 Å². The van der Waals surface area contributed by atoms with Crippen LogP contribution in [0.3, 0.4) is 0 Å². The average Bonchev–Trinajstić information content (AvgIpc) is 3.37. The number of hydrogen-bond acceptors (Lipinski definition) is 9. The highest BCUT2D eigenvalue weighted by atomic mass is 32.2. The monoisotopic (exact) mass is 471 g/mol. The minimum Gasteiger partial charge on any atom is -0.322 e. The minimum absolute atomic E-state index is 0.0572. The number of nitrogens with zero attached hydrogens (tertiary/aromatic N) is 6. The molecule has 2 heterocycles. The highest BCUT2D eigenvalue weighted by molar-refractivity contribution is 8.01. The van der Waals surface area contributed by atoms with Crippen LogP contribution in [0.5, 0.6) is 0 Å². The molecule has 4 rings (SSSR count). The van der Waals surface area contributed by atoms with Crippen LogP contribution >= 0.6 is 23.1 Å². The number of carbonyl (C=O) groups excluding carboxylic acids is 1. The highest BCUT2D eigenvalue weighted by Crippen LogP contribution is 2.37. The molecule has 13 heteroatoms. The lowest BCUT2D eigenvalue weighted by Gasteiger charge is -2.09. The Labute approximate surface area is 188 Å². The van der Waals surface area contributed by atoms with Crippen LogP contribution in [0.1, 0.15) is 21.9 Å². The van der Waals surface area contributed by atoms with E-state index in [2.05, 4.69) is 25.8 Å². The lowest BCUT2D eigenvalue weighted by atomic mass is 10.1. The second kappa shape index (κ2) is 8.80. The second-order valence-corrected chi connectivity index (χ2v) is 8.70. The summed E-state index contributed by atoms with van der Waals surface area (Å²) in [6.45, 7) is 3.44. The molecule has 0 radical (unpaired) electrons. The largest absolute Gasteiger partial charge is 0.322 e. The van der Waals surface area contributed by atoms with Crippen molar-refractivity contribution in [2.24, 2.45) is 0 Å². The number of amides is 1. The van der Waals surface area contributed by atoms with Gasteiger partial charge in [0.25, 0.3) is 11.6 Å². The van der Waals surface area contributed by atoms with Gasteiger partial charge in [-0.2, -0.15) is 4.68 Å². The third kappa shape index (κ3) is 4.48. The molecular weight excluding hydrogens is 457 g/mol. The summed E-state index contributed by atoms with van der Waals surface area (Å²) in [6, 6.07) is 8.12. The van der Waals surface area contributed by atoms with Crippen LogP contribution in [0.2, 0.25) is 0 Å². The molecule has 0 atom stereocenters. The van der Waals surface area contributed by atoms with E-state index in [1.54, 1.807) is 6.92 Å². The highest BCUT2D eigenvalue weighted by Gasteiger charge is 2.20. The number of anilines is 1. The van der Waals surface area contributed by atoms with E-state index in [9.17, 15) is 19.3 Å². The maximum atomic E-state index is 14.2. The van der Waals surface area contributed by atoms with Gasteiger partial charge in [0.2, 0.25) is 0 Å². The third-order valence-corrected chi connectivity index (χ3v) is 6.39. The fourth-order valence-corrected chi connectivity index (χ4v) is 4.65. The normalized spacial score (nSPS) is 10.8. The molecule has 1 amide bonds. The molecule has 0 aliphatic carbocycles. The van der Waals surface area contributed by atoms with Crippen LogP contribution in [0.4, 0.5) is 15.8 Å². The van der Waals surface area contributed by atoms with E-state index in [-0.39, 0.29) is 22.6 Å². The van der Waals surface area contributed by atoms with Crippen molar-refractivity contribution in [3.63, 3.8) is 0 Å². The Morgan fingerprint density at radius 3 is 2.72 bits per heavy atom. The van der Waals surface area contributed by atoms with Gasteiger partial charge in [0, 0.05) is 28.4 Å². The number of aromatic nitrogens is 5. The van der Waals surface area contributed by atoms with Crippen LogP contribution in [0.25, 0.3) is 5.69 Å². The Kier molecular flexibility index (Phi) is 5.92. The SMILES string of the molecule is Cc1csc(Sc2ccc(C(=O)Nc3ccc(F)c(-n4nnnc4C)c3)cc2[N+](=O)[O-])n1. The predicted molar refractivity (Wildman–Crippen MR) is 116 cm³/mol.